The number of ether oxygens (including phenoxy) is 3. The maximum absolute atomic E-state index is 8.22. The van der Waals surface area contributed by atoms with E-state index in [9.17, 15) is 0 Å². The average Bonchev–Trinajstić information content (AvgIpc) is 2.77. The van der Waals surface area contributed by atoms with Crippen molar-refractivity contribution in [1.82, 2.24) is 0 Å². The van der Waals surface area contributed by atoms with E-state index in [1.165, 1.54) is 0 Å². The molecule has 0 amide bonds. The molecule has 40 heavy (non-hydrogen) atoms. The summed E-state index contributed by atoms with van der Waals surface area (Å²) in [5, 5.41) is 31.5. The molecule has 0 fully saturated rings. The minimum Gasteiger partial charge on any atom is -0.870 e. The van der Waals surface area contributed by atoms with Gasteiger partial charge in [0.1, 0.15) is 0 Å². The minimum atomic E-state index is -0.125. The molecule has 0 saturated heterocycles. The first-order chi connectivity index (χ1) is 15.9. The van der Waals surface area contributed by atoms with Crippen molar-refractivity contribution in [3.8, 4) is 0 Å². The molecule has 242 valence electrons. The Labute approximate surface area is 288 Å². The fraction of sp³-hybridized carbons (Fsp3) is 0.643. The first-order valence-corrected chi connectivity index (χ1v) is 11.3. The molecule has 7 N–H and O–H groups in total. The molecule has 9 nitrogen and oxygen atoms in total. The van der Waals surface area contributed by atoms with Gasteiger partial charge in [0.15, 0.2) is 0 Å². The van der Waals surface area contributed by atoms with Crippen molar-refractivity contribution in [3.05, 3.63) is 60.8 Å². The van der Waals surface area contributed by atoms with Crippen LogP contribution in [0.3, 0.4) is 0 Å². The molecule has 0 rings (SSSR count). The van der Waals surface area contributed by atoms with Gasteiger partial charge in [0.05, 0.1) is 66.1 Å². The van der Waals surface area contributed by atoms with Crippen LogP contribution in [0.15, 0.2) is 60.8 Å². The molecular formula is C28H62ClNaO9W. The van der Waals surface area contributed by atoms with Crippen LogP contribution in [0.1, 0.15) is 49.5 Å². The number of allylic oxidation sites excluding steroid dienone is 1. The Morgan fingerprint density at radius 3 is 0.925 bits per heavy atom. The fourth-order valence-electron chi connectivity index (χ4n) is 0.922. The Morgan fingerprint density at radius 2 is 0.800 bits per heavy atom. The number of hydrogen-bond acceptors (Lipinski definition) is 8. The molecule has 0 unspecified atom stereocenters. The number of aliphatic hydroxyl groups excluding tert-OH is 4. The topological polar surface area (TPSA) is 170 Å². The Kier molecular flexibility index (Phi) is 122. The molecule has 0 aliphatic rings. The van der Waals surface area contributed by atoms with Gasteiger partial charge in [-0.1, -0.05) is 75.6 Å². The number of hydrogen-bond donors (Lipinski definition) is 4. The second-order valence-electron chi connectivity index (χ2n) is 7.41. The largest absolute Gasteiger partial charge is 1.00 e. The van der Waals surface area contributed by atoms with Crippen LogP contribution in [0.25, 0.3) is 0 Å². The van der Waals surface area contributed by atoms with Crippen molar-refractivity contribution >= 4 is 11.6 Å². The zero-order chi connectivity index (χ0) is 27.8. The van der Waals surface area contributed by atoms with Crippen LogP contribution in [0.5, 0.6) is 0 Å². The monoisotopic (exact) mass is 784 g/mol. The molecule has 0 aromatic heterocycles. The van der Waals surface area contributed by atoms with E-state index in [1.54, 1.807) is 6.92 Å². The zero-order valence-electron chi connectivity index (χ0n) is 24.6. The third-order valence-corrected chi connectivity index (χ3v) is 2.71. The van der Waals surface area contributed by atoms with Crippen LogP contribution >= 0.6 is 11.6 Å². The summed E-state index contributed by atoms with van der Waals surface area (Å²) >= 11 is 5.24. The van der Waals surface area contributed by atoms with Gasteiger partial charge < -0.3 is 45.6 Å². The third kappa shape index (κ3) is 143. The van der Waals surface area contributed by atoms with E-state index in [0.717, 1.165) is 27.9 Å². The van der Waals surface area contributed by atoms with Crippen LogP contribution in [0.4, 0.5) is 0 Å². The third-order valence-electron chi connectivity index (χ3n) is 2.25. The van der Waals surface area contributed by atoms with Crippen molar-refractivity contribution in [2.24, 2.45) is 0 Å². The Balaban J connectivity index is -0.0000000298. The van der Waals surface area contributed by atoms with Crippen molar-refractivity contribution in [3.63, 3.8) is 0 Å². The van der Waals surface area contributed by atoms with Crippen LogP contribution in [0, 0.1) is 0 Å². The van der Waals surface area contributed by atoms with Gasteiger partial charge in [-0.3, -0.25) is 0 Å². The maximum Gasteiger partial charge on any atom is 1.00 e. The molecular weight excluding hydrogens is 723 g/mol. The second kappa shape index (κ2) is 67.2. The van der Waals surface area contributed by atoms with Crippen molar-refractivity contribution in [2.45, 2.75) is 49.5 Å². The average molecular weight is 785 g/mol. The standard InChI is InChI=1S/C10H18O2.C6H12O2.C4H7Cl.C4H8O.C2H6O2.2CH4.Na.2H2O.W/c1-9(2)7-11-5-6-12-8-10(3)4;1-6(2)5-8-4-3-7;2*1-4(2)3-5;3-1-2-4;;;;;;/h1,3,5-8H2,2,4H3;7H,1,3-5H2,2H3;1,3H2,2H3;5H,1,3H2,2H3;3-4H,1-2H2;2*1H4;;2*1H2;/q;;;;;;;+1;;;/p-1. The fourth-order valence-corrected chi connectivity index (χ4v) is 0.922. The Bertz CT molecular complexity index is 476. The molecule has 0 aromatic rings. The van der Waals surface area contributed by atoms with Gasteiger partial charge in [-0.15, -0.1) is 11.6 Å². The molecule has 0 radical (unpaired) electrons. The molecule has 0 bridgehead atoms. The number of rotatable bonds is 14. The number of alkyl halides is 1. The predicted molar refractivity (Wildman–Crippen MR) is 165 cm³/mol. The van der Waals surface area contributed by atoms with Crippen LogP contribution < -0.4 is 29.6 Å². The first kappa shape index (κ1) is 72.5. The maximum atomic E-state index is 8.22. The summed E-state index contributed by atoms with van der Waals surface area (Å²) in [6, 6.07) is 0. The summed E-state index contributed by atoms with van der Waals surface area (Å²) < 4.78 is 15.3. The quantitative estimate of drug-likeness (QED) is 0.0886. The van der Waals surface area contributed by atoms with Gasteiger partial charge >= 0.3 is 29.6 Å². The van der Waals surface area contributed by atoms with E-state index >= 15 is 0 Å². The normalized spacial score (nSPS) is 7.45. The number of halogens is 1. The van der Waals surface area contributed by atoms with Crippen molar-refractivity contribution in [2.75, 3.05) is 71.9 Å². The molecule has 0 heterocycles. The SMILES string of the molecule is C.C.C=C(C)CCl.C=C(C)CO.C=C(C)COCCO.C=C(C)COCCOCC(=C)C.O.OCCO.[Na+].[OH-].[W]. The van der Waals surface area contributed by atoms with E-state index in [4.69, 9.17) is 46.2 Å². The molecule has 0 aliphatic heterocycles. The predicted octanol–water partition coefficient (Wildman–Crippen LogP) is 1.34. The minimum absolute atomic E-state index is 0. The summed E-state index contributed by atoms with van der Waals surface area (Å²) in [6.45, 7) is 30.9. The summed E-state index contributed by atoms with van der Waals surface area (Å²) in [6.07, 6.45) is 0. The molecule has 12 heteroatoms. The van der Waals surface area contributed by atoms with Gasteiger partial charge in [-0.25, -0.2) is 0 Å². The smallest absolute Gasteiger partial charge is 0.870 e. The van der Waals surface area contributed by atoms with Crippen LogP contribution in [0.2, 0.25) is 0 Å². The van der Waals surface area contributed by atoms with Crippen molar-refractivity contribution < 1.29 is 96.2 Å². The van der Waals surface area contributed by atoms with E-state index in [0.29, 0.717) is 45.5 Å². The van der Waals surface area contributed by atoms with E-state index in [1.807, 2.05) is 27.7 Å². The van der Waals surface area contributed by atoms with Gasteiger partial charge in [0, 0.05) is 26.9 Å². The second-order valence-corrected chi connectivity index (χ2v) is 7.67. The van der Waals surface area contributed by atoms with E-state index in [-0.39, 0.29) is 103 Å². The van der Waals surface area contributed by atoms with Gasteiger partial charge in [-0.2, -0.15) is 0 Å². The van der Waals surface area contributed by atoms with Gasteiger partial charge in [0.25, 0.3) is 0 Å². The summed E-state index contributed by atoms with van der Waals surface area (Å²) in [4.78, 5) is 0. The number of aliphatic hydroxyl groups is 4. The molecule has 0 atom stereocenters. The van der Waals surface area contributed by atoms with Crippen LogP contribution in [-0.4, -0.2) is 103 Å². The van der Waals surface area contributed by atoms with Crippen LogP contribution in [-0.2, 0) is 35.3 Å². The molecule has 0 saturated carbocycles. The first-order valence-electron chi connectivity index (χ1n) is 10.8. The summed E-state index contributed by atoms with van der Waals surface area (Å²) in [5.41, 5.74) is 4.89. The molecule has 0 spiro atoms. The Hall–Kier alpha value is 0.318. The van der Waals surface area contributed by atoms with Gasteiger partial charge in [0.2, 0.25) is 0 Å². The van der Waals surface area contributed by atoms with E-state index in [2.05, 4.69) is 32.9 Å². The van der Waals surface area contributed by atoms with E-state index < -0.39 is 0 Å². The Morgan fingerprint density at radius 1 is 0.575 bits per heavy atom. The molecule has 0 aromatic carbocycles. The van der Waals surface area contributed by atoms with Gasteiger partial charge in [-0.05, 0) is 34.6 Å². The summed E-state index contributed by atoms with van der Waals surface area (Å²) in [5.74, 6) is 0.583. The molecule has 0 aliphatic carbocycles. The summed E-state index contributed by atoms with van der Waals surface area (Å²) in [7, 11) is 0. The van der Waals surface area contributed by atoms with Crippen molar-refractivity contribution in [1.29, 1.82) is 0 Å². The zero-order valence-corrected chi connectivity index (χ0v) is 30.3.